The van der Waals surface area contributed by atoms with Crippen molar-refractivity contribution in [1.82, 2.24) is 0 Å². The molecule has 6 rings (SSSR count). The molecule has 0 saturated heterocycles. The molecule has 0 spiro atoms. The van der Waals surface area contributed by atoms with E-state index in [1.807, 2.05) is 41.5 Å². The summed E-state index contributed by atoms with van der Waals surface area (Å²) in [5.41, 5.74) is 11.9. The van der Waals surface area contributed by atoms with Gasteiger partial charge < -0.3 is 4.42 Å². The van der Waals surface area contributed by atoms with E-state index in [-0.39, 0.29) is 0 Å². The fraction of sp³-hybridized carbons (Fsp3) is 0.244. The van der Waals surface area contributed by atoms with Gasteiger partial charge in [0.1, 0.15) is 11.3 Å². The summed E-state index contributed by atoms with van der Waals surface area (Å²) in [6, 6.07) is 38.7. The van der Waals surface area contributed by atoms with E-state index in [2.05, 4.69) is 135 Å². The Labute approximate surface area is 259 Å². The number of benzene rings is 5. The first-order valence-electron chi connectivity index (χ1n) is 15.8. The molecule has 4 aromatic rings. The average Bonchev–Trinajstić information content (AvgIpc) is 3.05. The average molecular weight is 571 g/mol. The van der Waals surface area contributed by atoms with Gasteiger partial charge in [-0.2, -0.15) is 0 Å². The number of aryl methyl sites for hydroxylation is 3. The first kappa shape index (κ1) is 33.1. The van der Waals surface area contributed by atoms with Crippen molar-refractivity contribution in [2.45, 2.75) is 68.7 Å². The molecule has 0 radical (unpaired) electrons. The summed E-state index contributed by atoms with van der Waals surface area (Å²) in [5.74, 6) is 0.873. The lowest BCUT2D eigenvalue weighted by Gasteiger charge is -2.17. The second-order valence-electron chi connectivity index (χ2n) is 9.88. The lowest BCUT2D eigenvalue weighted by atomic mass is 9.90. The van der Waals surface area contributed by atoms with Crippen LogP contribution in [0.15, 0.2) is 114 Å². The quantitative estimate of drug-likeness (QED) is 0.210. The Balaban J connectivity index is 0.000000796. The molecular formula is C41H48NO+. The van der Waals surface area contributed by atoms with E-state index < -0.39 is 0 Å². The van der Waals surface area contributed by atoms with Gasteiger partial charge in [0.25, 0.3) is 0 Å². The number of nitrogens with one attached hydrogen (secondary N) is 1. The molecule has 0 atom stereocenters. The first-order valence-corrected chi connectivity index (χ1v) is 15.8. The predicted octanol–water partition coefficient (Wildman–Crippen LogP) is 10.1. The molecule has 0 unspecified atom stereocenters. The zero-order valence-electron chi connectivity index (χ0n) is 27.5. The van der Waals surface area contributed by atoms with Crippen LogP contribution in [0, 0.1) is 20.8 Å². The summed E-state index contributed by atoms with van der Waals surface area (Å²) in [5, 5.41) is 2.15. The maximum atomic E-state index is 6.63. The van der Waals surface area contributed by atoms with Gasteiger partial charge in [-0.3, -0.25) is 0 Å². The molecule has 0 bridgehead atoms. The minimum Gasteiger partial charge on any atom is -0.456 e. The Hall–Kier alpha value is -4.43. The molecule has 43 heavy (non-hydrogen) atoms. The maximum absolute atomic E-state index is 6.63. The Kier molecular flexibility index (Phi) is 12.5. The van der Waals surface area contributed by atoms with E-state index in [4.69, 9.17) is 4.42 Å². The molecule has 2 nitrogen and oxygen atoms in total. The number of hydrogen-bond acceptors (Lipinski definition) is 1. The standard InChI is InChI=1S/C35H29NO.3C2H6/c1-23-10-4-7-13-27(23)20-26-16-18-30-33(21-26)37-34-22-28(36-32-15-9-6-12-25(32)3)17-19-31(34)35(30)29-14-8-5-11-24(29)2;3*1-2/h4-19,21-22H,20H2,1-3H3;3*1-2H3/p+1. The Morgan fingerprint density at radius 3 is 1.86 bits per heavy atom. The predicted molar refractivity (Wildman–Crippen MR) is 186 cm³/mol. The number of hydrogen-bond donors (Lipinski definition) is 1. The van der Waals surface area contributed by atoms with E-state index in [0.717, 1.165) is 39.8 Å². The molecule has 0 fully saturated rings. The van der Waals surface area contributed by atoms with Crippen LogP contribution in [-0.2, 0) is 6.42 Å². The van der Waals surface area contributed by atoms with Crippen LogP contribution >= 0.6 is 0 Å². The van der Waals surface area contributed by atoms with Gasteiger partial charge >= 0.3 is 0 Å². The number of fused-ring (bicyclic) bond motifs is 2. The third kappa shape index (κ3) is 7.70. The lowest BCUT2D eigenvalue weighted by molar-refractivity contribution is -0.403. The molecule has 1 aliphatic heterocycles. The van der Waals surface area contributed by atoms with Gasteiger partial charge in [-0.25, -0.2) is 4.99 Å². The van der Waals surface area contributed by atoms with Crippen LogP contribution in [0.1, 0.15) is 69.4 Å². The summed E-state index contributed by atoms with van der Waals surface area (Å²) in [6.45, 7) is 18.5. The van der Waals surface area contributed by atoms with Crippen LogP contribution < -0.4 is 10.3 Å². The Morgan fingerprint density at radius 2 is 1.19 bits per heavy atom. The second-order valence-corrected chi connectivity index (χ2v) is 9.88. The molecule has 0 amide bonds. The van der Waals surface area contributed by atoms with Gasteiger partial charge in [-0.15, -0.1) is 0 Å². The highest BCUT2D eigenvalue weighted by molar-refractivity contribution is 6.02. The van der Waals surface area contributed by atoms with Gasteiger partial charge in [-0.1, -0.05) is 120 Å². The minimum atomic E-state index is 0.873. The second kappa shape index (κ2) is 16.3. The molecule has 0 saturated carbocycles. The van der Waals surface area contributed by atoms with Crippen LogP contribution in [0.2, 0.25) is 0 Å². The molecule has 1 aliphatic carbocycles. The van der Waals surface area contributed by atoms with Gasteiger partial charge in [-0.05, 0) is 67.1 Å². The SMILES string of the molecule is CC.CC.CC.Cc1ccccc1Cc1ccc2c(-c3ccccc3C)c3ccc(=[NH+]c4ccccc4C)cc-3oc2c1. The molecule has 1 heterocycles. The van der Waals surface area contributed by atoms with Crippen molar-refractivity contribution < 1.29 is 9.41 Å². The summed E-state index contributed by atoms with van der Waals surface area (Å²) in [7, 11) is 0. The van der Waals surface area contributed by atoms with E-state index in [9.17, 15) is 0 Å². The van der Waals surface area contributed by atoms with Gasteiger partial charge in [0, 0.05) is 34.2 Å². The van der Waals surface area contributed by atoms with Crippen LogP contribution in [0.3, 0.4) is 0 Å². The third-order valence-corrected chi connectivity index (χ3v) is 7.28. The highest BCUT2D eigenvalue weighted by atomic mass is 16.3. The number of rotatable bonds is 4. The highest BCUT2D eigenvalue weighted by Crippen LogP contribution is 2.41. The van der Waals surface area contributed by atoms with Crippen LogP contribution in [0.5, 0.6) is 0 Å². The zero-order valence-corrected chi connectivity index (χ0v) is 27.5. The maximum Gasteiger partial charge on any atom is 0.207 e. The summed E-state index contributed by atoms with van der Waals surface area (Å²) < 4.78 is 6.63. The first-order chi connectivity index (χ1) is 21.1. The van der Waals surface area contributed by atoms with Crippen LogP contribution in [0.4, 0.5) is 5.69 Å². The Bertz CT molecular complexity index is 1790. The van der Waals surface area contributed by atoms with Crippen molar-refractivity contribution in [3.63, 3.8) is 0 Å². The summed E-state index contributed by atoms with van der Waals surface area (Å²) in [4.78, 5) is 3.57. The van der Waals surface area contributed by atoms with Crippen molar-refractivity contribution >= 4 is 16.7 Å². The zero-order chi connectivity index (χ0) is 31.4. The molecule has 222 valence electrons. The summed E-state index contributed by atoms with van der Waals surface area (Å²) in [6.07, 6.45) is 0.880. The lowest BCUT2D eigenvalue weighted by Crippen LogP contribution is -2.70. The van der Waals surface area contributed by atoms with E-state index in [1.165, 1.54) is 38.9 Å². The fourth-order valence-corrected chi connectivity index (χ4v) is 5.16. The van der Waals surface area contributed by atoms with Crippen LogP contribution in [0.25, 0.3) is 33.4 Å². The van der Waals surface area contributed by atoms with E-state index in [1.54, 1.807) is 0 Å². The van der Waals surface area contributed by atoms with E-state index >= 15 is 0 Å². The number of para-hydroxylation sites is 1. The van der Waals surface area contributed by atoms with Crippen molar-refractivity contribution in [1.29, 1.82) is 0 Å². The molecule has 2 heteroatoms. The fourth-order valence-electron chi connectivity index (χ4n) is 5.16. The van der Waals surface area contributed by atoms with Crippen molar-refractivity contribution in [2.75, 3.05) is 0 Å². The van der Waals surface area contributed by atoms with Gasteiger partial charge in [0.05, 0.1) is 6.07 Å². The largest absolute Gasteiger partial charge is 0.456 e. The highest BCUT2D eigenvalue weighted by Gasteiger charge is 2.19. The Morgan fingerprint density at radius 1 is 0.558 bits per heavy atom. The van der Waals surface area contributed by atoms with E-state index in [0.29, 0.717) is 0 Å². The van der Waals surface area contributed by atoms with Crippen molar-refractivity contribution in [3.05, 3.63) is 142 Å². The van der Waals surface area contributed by atoms with Crippen molar-refractivity contribution in [2.24, 2.45) is 0 Å². The van der Waals surface area contributed by atoms with Crippen molar-refractivity contribution in [3.8, 4) is 22.5 Å². The smallest absolute Gasteiger partial charge is 0.207 e. The molecule has 2 aliphatic rings. The van der Waals surface area contributed by atoms with Crippen LogP contribution in [-0.4, -0.2) is 0 Å². The van der Waals surface area contributed by atoms with Gasteiger partial charge in [0.15, 0.2) is 0 Å². The third-order valence-electron chi connectivity index (χ3n) is 7.28. The molecule has 0 aromatic heterocycles. The van der Waals surface area contributed by atoms with Gasteiger partial charge in [0.2, 0.25) is 11.0 Å². The monoisotopic (exact) mass is 570 g/mol. The normalized spacial score (nSPS) is 10.7. The molecular weight excluding hydrogens is 522 g/mol. The minimum absolute atomic E-state index is 0.873. The molecule has 1 N–H and O–H groups in total. The molecule has 4 aromatic carbocycles. The topological polar surface area (TPSA) is 27.1 Å². The summed E-state index contributed by atoms with van der Waals surface area (Å²) >= 11 is 0.